The summed E-state index contributed by atoms with van der Waals surface area (Å²) in [5.74, 6) is 2.61. The third-order valence-electron chi connectivity index (χ3n) is 12.3. The number of imidazole rings is 2. The van der Waals surface area contributed by atoms with E-state index >= 15 is 0 Å². The number of fused-ring (bicyclic) bond motifs is 6. The number of carbonyl (C=O) groups is 3. The quantitative estimate of drug-likeness (QED) is 0.125. The Morgan fingerprint density at radius 1 is 0.950 bits per heavy atom. The minimum atomic E-state index is -0.939. The average Bonchev–Trinajstić information content (AvgIpc) is 4.07. The average molecular weight is 810 g/mol. The fraction of sp³-hybridized carbons (Fsp3) is 0.383. The van der Waals surface area contributed by atoms with Crippen LogP contribution < -0.4 is 10.1 Å². The summed E-state index contributed by atoms with van der Waals surface area (Å²) in [6.45, 7) is 7.63. The molecule has 0 spiro atoms. The summed E-state index contributed by atoms with van der Waals surface area (Å²) in [5.41, 5.74) is 7.43. The van der Waals surface area contributed by atoms with Gasteiger partial charge in [0.1, 0.15) is 30.0 Å². The van der Waals surface area contributed by atoms with Gasteiger partial charge in [-0.2, -0.15) is 0 Å². The van der Waals surface area contributed by atoms with Gasteiger partial charge in [0.25, 0.3) is 5.91 Å². The number of carbonyl (C=O) groups excluding carboxylic acids is 3. The molecule has 0 radical (unpaired) electrons. The molecular formula is C47H51N7O6. The van der Waals surface area contributed by atoms with Gasteiger partial charge in [-0.1, -0.05) is 62.4 Å². The highest BCUT2D eigenvalue weighted by Crippen LogP contribution is 2.44. The van der Waals surface area contributed by atoms with Gasteiger partial charge >= 0.3 is 6.09 Å². The van der Waals surface area contributed by atoms with Gasteiger partial charge < -0.3 is 39.3 Å². The third-order valence-corrected chi connectivity index (χ3v) is 12.3. The first-order valence-electron chi connectivity index (χ1n) is 20.9. The number of rotatable bonds is 10. The molecule has 13 heteroatoms. The van der Waals surface area contributed by atoms with E-state index < -0.39 is 12.1 Å². The fourth-order valence-corrected chi connectivity index (χ4v) is 9.47. The second-order valence-electron chi connectivity index (χ2n) is 16.9. The van der Waals surface area contributed by atoms with Gasteiger partial charge in [-0.3, -0.25) is 9.59 Å². The number of nitrogens with zero attached hydrogens (tertiary/aromatic N) is 4. The van der Waals surface area contributed by atoms with E-state index in [0.717, 1.165) is 74.2 Å². The maximum Gasteiger partial charge on any atom is 0.407 e. The van der Waals surface area contributed by atoms with Crippen LogP contribution in [0.25, 0.3) is 44.2 Å². The van der Waals surface area contributed by atoms with Crippen LogP contribution in [0.4, 0.5) is 4.79 Å². The van der Waals surface area contributed by atoms with Crippen LogP contribution in [0.1, 0.15) is 87.4 Å². The summed E-state index contributed by atoms with van der Waals surface area (Å²) >= 11 is 0. The first-order chi connectivity index (χ1) is 29.1. The predicted octanol–water partition coefficient (Wildman–Crippen LogP) is 8.40. The Balaban J connectivity index is 0.999. The number of hydrogen-bond donors (Lipinski definition) is 3. The largest absolute Gasteiger partial charge is 0.488 e. The minimum absolute atomic E-state index is 0.0484. The van der Waals surface area contributed by atoms with E-state index in [2.05, 4.69) is 72.5 Å². The van der Waals surface area contributed by atoms with Gasteiger partial charge in [0.2, 0.25) is 5.91 Å². The Bertz CT molecular complexity index is 2580. The number of aromatic nitrogens is 4. The Morgan fingerprint density at radius 3 is 2.57 bits per heavy atom. The molecule has 3 aliphatic heterocycles. The Hall–Kier alpha value is -6.21. The number of alkyl carbamates (subject to hydrolysis) is 1. The topological polar surface area (TPSA) is 155 Å². The molecule has 310 valence electrons. The zero-order chi connectivity index (χ0) is 41.7. The maximum atomic E-state index is 14.4. The van der Waals surface area contributed by atoms with E-state index in [9.17, 15) is 14.4 Å². The van der Waals surface area contributed by atoms with Crippen molar-refractivity contribution in [2.75, 3.05) is 27.4 Å². The Labute approximate surface area is 348 Å². The lowest BCUT2D eigenvalue weighted by molar-refractivity contribution is -0.135. The van der Waals surface area contributed by atoms with E-state index in [-0.39, 0.29) is 35.9 Å². The van der Waals surface area contributed by atoms with E-state index in [1.54, 1.807) is 12.0 Å². The molecule has 6 aromatic rings. The fourth-order valence-electron chi connectivity index (χ4n) is 9.47. The van der Waals surface area contributed by atoms with Crippen LogP contribution in [-0.4, -0.2) is 81.1 Å². The van der Waals surface area contributed by atoms with Crippen molar-refractivity contribution in [1.29, 1.82) is 0 Å². The summed E-state index contributed by atoms with van der Waals surface area (Å²) in [7, 11) is 2.95. The second-order valence-corrected chi connectivity index (χ2v) is 16.9. The smallest absolute Gasteiger partial charge is 0.407 e. The lowest BCUT2D eigenvalue weighted by Crippen LogP contribution is -2.43. The van der Waals surface area contributed by atoms with Crippen molar-refractivity contribution >= 4 is 39.7 Å². The summed E-state index contributed by atoms with van der Waals surface area (Å²) in [4.78, 5) is 60.9. The van der Waals surface area contributed by atoms with Crippen molar-refractivity contribution in [3.63, 3.8) is 0 Å². The first kappa shape index (κ1) is 39.3. The van der Waals surface area contributed by atoms with Crippen molar-refractivity contribution in [3.05, 3.63) is 102 Å². The standard InChI is InChI=1S/C47H51N7O6/c1-26(2)17-41(55)54-27(3)11-16-38(54)44-48-22-37(50-44)31-12-14-33-32(19-31)25-60-40-21-34-30(20-35(33)40)13-15-36-43(34)51-45(49-36)39-18-28(24-58-4)23-53(39)46(56)42(52-47(57)59-5)29-9-7-6-8-10-29/h6-10,12-15,19-22,26-28,38-39,42H,11,16-18,23-25H2,1-5H3,(H,48,50)(H,49,51)(H,52,57)/t27-,28-,38-,39-,42+/m0/s1. The molecule has 3 amide bonds. The van der Waals surface area contributed by atoms with Crippen LogP contribution in [-0.2, 0) is 25.7 Å². The second kappa shape index (κ2) is 16.1. The highest BCUT2D eigenvalue weighted by molar-refractivity contribution is 6.07. The number of aromatic amines is 2. The Kier molecular flexibility index (Phi) is 10.5. The number of amides is 3. The third kappa shape index (κ3) is 7.25. The summed E-state index contributed by atoms with van der Waals surface area (Å²) in [6, 6.07) is 22.8. The monoisotopic (exact) mass is 809 g/mol. The van der Waals surface area contributed by atoms with E-state index in [0.29, 0.717) is 49.9 Å². The van der Waals surface area contributed by atoms with Gasteiger partial charge in [0.15, 0.2) is 0 Å². The lowest BCUT2D eigenvalue weighted by Gasteiger charge is -2.28. The van der Waals surface area contributed by atoms with Crippen LogP contribution in [0, 0.1) is 11.8 Å². The molecular weight excluding hydrogens is 759 g/mol. The van der Waals surface area contributed by atoms with Gasteiger partial charge in [-0.25, -0.2) is 14.8 Å². The highest BCUT2D eigenvalue weighted by Gasteiger charge is 2.42. The molecule has 5 heterocycles. The number of ether oxygens (including phenoxy) is 3. The van der Waals surface area contributed by atoms with Gasteiger partial charge in [0.05, 0.1) is 48.7 Å². The lowest BCUT2D eigenvalue weighted by atomic mass is 9.92. The Morgan fingerprint density at radius 2 is 1.78 bits per heavy atom. The molecule has 4 aromatic carbocycles. The number of likely N-dealkylation sites (tertiary alicyclic amines) is 2. The van der Waals surface area contributed by atoms with E-state index in [4.69, 9.17) is 24.2 Å². The maximum absolute atomic E-state index is 14.4. The molecule has 0 bridgehead atoms. The molecule has 2 saturated heterocycles. The molecule has 2 aromatic heterocycles. The molecule has 0 aliphatic carbocycles. The number of H-pyrrole nitrogens is 2. The van der Waals surface area contributed by atoms with Gasteiger partial charge in [-0.15, -0.1) is 0 Å². The molecule has 0 unspecified atom stereocenters. The molecule has 13 nitrogen and oxygen atoms in total. The molecule has 3 N–H and O–H groups in total. The molecule has 60 heavy (non-hydrogen) atoms. The predicted molar refractivity (Wildman–Crippen MR) is 228 cm³/mol. The minimum Gasteiger partial charge on any atom is -0.488 e. The van der Waals surface area contributed by atoms with Crippen molar-refractivity contribution < 1.29 is 28.6 Å². The SMILES string of the molecule is COC[C@H]1C[C@@H](c2nc3c(ccc4cc5c(cc43)OCc3cc(-c4cnc([C@@H]6CC[C@H](C)N6C(=O)CC(C)C)[nH]4)ccc3-5)[nH]2)N(C(=O)[C@H](NC(=O)OC)c2ccccc2)C1. The molecule has 5 atom stereocenters. The summed E-state index contributed by atoms with van der Waals surface area (Å²) in [6.07, 6.45) is 4.23. The van der Waals surface area contributed by atoms with E-state index in [1.165, 1.54) is 7.11 Å². The van der Waals surface area contributed by atoms with Gasteiger partial charge in [0, 0.05) is 43.0 Å². The normalized spacial score (nSPS) is 20.3. The molecule has 0 saturated carbocycles. The van der Waals surface area contributed by atoms with Crippen molar-refractivity contribution in [1.82, 2.24) is 35.1 Å². The molecule has 2 fully saturated rings. The van der Waals surface area contributed by atoms with Crippen molar-refractivity contribution in [2.45, 2.75) is 77.2 Å². The zero-order valence-corrected chi connectivity index (χ0v) is 34.7. The summed E-state index contributed by atoms with van der Waals surface area (Å²) < 4.78 is 16.9. The van der Waals surface area contributed by atoms with Crippen LogP contribution >= 0.6 is 0 Å². The first-order valence-corrected chi connectivity index (χ1v) is 20.9. The number of hydrogen-bond acceptors (Lipinski definition) is 8. The van der Waals surface area contributed by atoms with Crippen LogP contribution in [0.2, 0.25) is 0 Å². The van der Waals surface area contributed by atoms with Gasteiger partial charge in [-0.05, 0) is 84.0 Å². The van der Waals surface area contributed by atoms with E-state index in [1.807, 2.05) is 47.5 Å². The van der Waals surface area contributed by atoms with Crippen LogP contribution in [0.3, 0.4) is 0 Å². The number of methoxy groups -OCH3 is 2. The zero-order valence-electron chi connectivity index (χ0n) is 34.7. The van der Waals surface area contributed by atoms with Crippen molar-refractivity contribution in [3.8, 4) is 28.1 Å². The van der Waals surface area contributed by atoms with Crippen molar-refractivity contribution in [2.24, 2.45) is 11.8 Å². The number of benzene rings is 4. The van der Waals surface area contributed by atoms with Crippen LogP contribution in [0.15, 0.2) is 79.0 Å². The number of nitrogens with one attached hydrogen (secondary N) is 3. The molecule has 9 rings (SSSR count). The highest BCUT2D eigenvalue weighted by atomic mass is 16.5. The molecule has 3 aliphatic rings. The van der Waals surface area contributed by atoms with Crippen LogP contribution in [0.5, 0.6) is 5.75 Å². The summed E-state index contributed by atoms with van der Waals surface area (Å²) in [5, 5.41) is 4.72.